The monoisotopic (exact) mass is 112 g/mol. The number of hydrogen-bond donors (Lipinski definition) is 0. The molecule has 8 heavy (non-hydrogen) atoms. The van der Waals surface area contributed by atoms with Crippen LogP contribution in [-0.4, -0.2) is 25.3 Å². The van der Waals surface area contributed by atoms with E-state index < -0.39 is 0 Å². The standard InChI is InChI=1S/C6H10NO/c1-2-6-4-7-3-5(1)8-6/h5-6H,1-4H2. The molecule has 0 N–H and O–H groups in total. The van der Waals surface area contributed by atoms with Gasteiger partial charge in [-0.05, 0) is 12.8 Å². The first kappa shape index (κ1) is 4.77. The predicted molar refractivity (Wildman–Crippen MR) is 29.8 cm³/mol. The maximum atomic E-state index is 5.50. The van der Waals surface area contributed by atoms with Crippen LogP contribution < -0.4 is 5.32 Å². The summed E-state index contributed by atoms with van der Waals surface area (Å²) in [5, 5.41) is 4.28. The fraction of sp³-hybridized carbons (Fsp3) is 1.00. The molecule has 45 valence electrons. The predicted octanol–water partition coefficient (Wildman–Crippen LogP) is 0.152. The molecule has 2 heterocycles. The largest absolute Gasteiger partial charge is 0.372 e. The van der Waals surface area contributed by atoms with E-state index >= 15 is 0 Å². The van der Waals surface area contributed by atoms with Gasteiger partial charge in [-0.25, -0.2) is 5.32 Å². The second-order valence-corrected chi connectivity index (χ2v) is 2.55. The Morgan fingerprint density at radius 2 is 1.75 bits per heavy atom. The average Bonchev–Trinajstić information content (AvgIpc) is 2.12. The summed E-state index contributed by atoms with van der Waals surface area (Å²) in [5.41, 5.74) is 0. The molecule has 2 aliphatic rings. The van der Waals surface area contributed by atoms with Crippen molar-refractivity contribution in [3.63, 3.8) is 0 Å². The van der Waals surface area contributed by atoms with Crippen molar-refractivity contribution in [1.82, 2.24) is 5.32 Å². The molecule has 2 rings (SSSR count). The molecule has 0 amide bonds. The molecule has 0 aromatic heterocycles. The highest BCUT2D eigenvalue weighted by Crippen LogP contribution is 2.21. The maximum absolute atomic E-state index is 5.50. The minimum Gasteiger partial charge on any atom is -0.372 e. The van der Waals surface area contributed by atoms with Gasteiger partial charge in [0.15, 0.2) is 0 Å². The van der Waals surface area contributed by atoms with E-state index in [4.69, 9.17) is 4.74 Å². The highest BCUT2D eigenvalue weighted by molar-refractivity contribution is 4.81. The van der Waals surface area contributed by atoms with Crippen LogP contribution in [0.3, 0.4) is 0 Å². The van der Waals surface area contributed by atoms with Crippen molar-refractivity contribution < 1.29 is 4.74 Å². The van der Waals surface area contributed by atoms with E-state index in [1.807, 2.05) is 0 Å². The topological polar surface area (TPSA) is 23.3 Å². The summed E-state index contributed by atoms with van der Waals surface area (Å²) in [6, 6.07) is 0. The van der Waals surface area contributed by atoms with Crippen LogP contribution in [-0.2, 0) is 4.74 Å². The lowest BCUT2D eigenvalue weighted by Gasteiger charge is -2.18. The third-order valence-electron chi connectivity index (χ3n) is 1.86. The molecule has 2 nitrogen and oxygen atoms in total. The lowest BCUT2D eigenvalue weighted by atomic mass is 10.2. The van der Waals surface area contributed by atoms with E-state index in [9.17, 15) is 0 Å². The van der Waals surface area contributed by atoms with Crippen molar-refractivity contribution >= 4 is 0 Å². The van der Waals surface area contributed by atoms with E-state index in [2.05, 4.69) is 5.32 Å². The van der Waals surface area contributed by atoms with Gasteiger partial charge in [-0.1, -0.05) is 0 Å². The minimum absolute atomic E-state index is 0.494. The molecule has 0 aromatic carbocycles. The zero-order chi connectivity index (χ0) is 5.40. The molecule has 2 aliphatic heterocycles. The van der Waals surface area contributed by atoms with Crippen molar-refractivity contribution in [2.45, 2.75) is 25.0 Å². The van der Waals surface area contributed by atoms with Gasteiger partial charge in [-0.15, -0.1) is 0 Å². The zero-order valence-corrected chi connectivity index (χ0v) is 4.84. The third kappa shape index (κ3) is 0.644. The first-order valence-corrected chi connectivity index (χ1v) is 3.24. The first-order chi connectivity index (χ1) is 3.95. The van der Waals surface area contributed by atoms with Crippen LogP contribution in [0.25, 0.3) is 0 Å². The van der Waals surface area contributed by atoms with E-state index in [1.54, 1.807) is 0 Å². The SMILES string of the molecule is C1CC2C[N]CC1O2. The molecule has 0 spiro atoms. The van der Waals surface area contributed by atoms with Crippen molar-refractivity contribution in [3.05, 3.63) is 0 Å². The van der Waals surface area contributed by atoms with E-state index in [-0.39, 0.29) is 0 Å². The Kier molecular flexibility index (Phi) is 1.02. The Bertz CT molecular complexity index is 80.5. The van der Waals surface area contributed by atoms with Gasteiger partial charge in [0, 0.05) is 13.1 Å². The second kappa shape index (κ2) is 1.71. The van der Waals surface area contributed by atoms with Crippen LogP contribution in [0.15, 0.2) is 0 Å². The molecule has 0 aromatic rings. The van der Waals surface area contributed by atoms with Crippen LogP contribution in [0.1, 0.15) is 12.8 Å². The lowest BCUT2D eigenvalue weighted by Crippen LogP contribution is -2.33. The summed E-state index contributed by atoms with van der Waals surface area (Å²) in [6.07, 6.45) is 3.48. The quantitative estimate of drug-likeness (QED) is 0.437. The Morgan fingerprint density at radius 3 is 2.25 bits per heavy atom. The molecular formula is C6H10NO. The van der Waals surface area contributed by atoms with Gasteiger partial charge in [-0.3, -0.25) is 0 Å². The number of nitrogens with zero attached hydrogens (tertiary/aromatic N) is 1. The van der Waals surface area contributed by atoms with Crippen LogP contribution >= 0.6 is 0 Å². The van der Waals surface area contributed by atoms with E-state index in [0.717, 1.165) is 13.1 Å². The molecule has 2 bridgehead atoms. The average molecular weight is 112 g/mol. The number of rotatable bonds is 0. The van der Waals surface area contributed by atoms with Crippen LogP contribution in [0.4, 0.5) is 0 Å². The molecular weight excluding hydrogens is 102 g/mol. The van der Waals surface area contributed by atoms with Crippen LogP contribution in [0.5, 0.6) is 0 Å². The van der Waals surface area contributed by atoms with E-state index in [1.165, 1.54) is 12.8 Å². The summed E-state index contributed by atoms with van der Waals surface area (Å²) in [4.78, 5) is 0. The molecule has 2 heteroatoms. The summed E-state index contributed by atoms with van der Waals surface area (Å²) in [7, 11) is 0. The van der Waals surface area contributed by atoms with E-state index in [0.29, 0.717) is 12.2 Å². The number of fused-ring (bicyclic) bond motifs is 2. The summed E-state index contributed by atoms with van der Waals surface area (Å²) >= 11 is 0. The van der Waals surface area contributed by atoms with Gasteiger partial charge in [0.25, 0.3) is 0 Å². The number of hydrogen-bond acceptors (Lipinski definition) is 1. The van der Waals surface area contributed by atoms with Gasteiger partial charge >= 0.3 is 0 Å². The van der Waals surface area contributed by atoms with Gasteiger partial charge in [0.2, 0.25) is 0 Å². The molecule has 0 saturated carbocycles. The smallest absolute Gasteiger partial charge is 0.0721 e. The van der Waals surface area contributed by atoms with Crippen molar-refractivity contribution in [1.29, 1.82) is 0 Å². The lowest BCUT2D eigenvalue weighted by molar-refractivity contribution is 0.0168. The van der Waals surface area contributed by atoms with Gasteiger partial charge in [-0.2, -0.15) is 0 Å². The van der Waals surface area contributed by atoms with Crippen molar-refractivity contribution in [3.8, 4) is 0 Å². The van der Waals surface area contributed by atoms with Crippen molar-refractivity contribution in [2.75, 3.05) is 13.1 Å². The van der Waals surface area contributed by atoms with Crippen LogP contribution in [0.2, 0.25) is 0 Å². The molecule has 0 aliphatic carbocycles. The Hall–Kier alpha value is -0.0800. The fourth-order valence-corrected chi connectivity index (χ4v) is 1.41. The van der Waals surface area contributed by atoms with Gasteiger partial charge in [0.1, 0.15) is 0 Å². The second-order valence-electron chi connectivity index (χ2n) is 2.55. The summed E-state index contributed by atoms with van der Waals surface area (Å²) < 4.78 is 5.50. The maximum Gasteiger partial charge on any atom is 0.0721 e. The van der Waals surface area contributed by atoms with Crippen LogP contribution in [0, 0.1) is 0 Å². The molecule has 2 unspecified atom stereocenters. The highest BCUT2D eigenvalue weighted by atomic mass is 16.5. The number of ether oxygens (including phenoxy) is 1. The Morgan fingerprint density at radius 1 is 1.12 bits per heavy atom. The zero-order valence-electron chi connectivity index (χ0n) is 4.84. The molecule has 2 atom stereocenters. The first-order valence-electron chi connectivity index (χ1n) is 3.24. The fourth-order valence-electron chi connectivity index (χ4n) is 1.41. The Balaban J connectivity index is 2.03. The van der Waals surface area contributed by atoms with Crippen molar-refractivity contribution in [2.24, 2.45) is 0 Å². The molecule has 2 saturated heterocycles. The molecule has 1 radical (unpaired) electrons. The normalized spacial score (nSPS) is 45.0. The minimum atomic E-state index is 0.494. The molecule has 2 fully saturated rings. The number of morpholine rings is 1. The summed E-state index contributed by atoms with van der Waals surface area (Å²) in [6.45, 7) is 1.91. The Labute approximate surface area is 49.2 Å². The highest BCUT2D eigenvalue weighted by Gasteiger charge is 2.29. The van der Waals surface area contributed by atoms with Gasteiger partial charge < -0.3 is 4.74 Å². The summed E-state index contributed by atoms with van der Waals surface area (Å²) in [5.74, 6) is 0. The third-order valence-corrected chi connectivity index (χ3v) is 1.86. The van der Waals surface area contributed by atoms with Gasteiger partial charge in [0.05, 0.1) is 12.2 Å².